The van der Waals surface area contributed by atoms with E-state index in [9.17, 15) is 4.39 Å². The van der Waals surface area contributed by atoms with Gasteiger partial charge in [0.25, 0.3) is 0 Å². The van der Waals surface area contributed by atoms with E-state index in [1.807, 2.05) is 35.9 Å². The van der Waals surface area contributed by atoms with E-state index in [4.69, 9.17) is 5.73 Å². The average Bonchev–Trinajstić information content (AvgIpc) is 2.76. The molecule has 0 amide bonds. The number of hydrogen-bond donors (Lipinski definition) is 1. The molecule has 1 heterocycles. The summed E-state index contributed by atoms with van der Waals surface area (Å²) < 4.78 is 15.5. The predicted molar refractivity (Wildman–Crippen MR) is 77.8 cm³/mol. The van der Waals surface area contributed by atoms with Crippen LogP contribution in [0.5, 0.6) is 0 Å². The zero-order chi connectivity index (χ0) is 14.1. The number of fused-ring (bicyclic) bond motifs is 1. The highest BCUT2D eigenvalue weighted by Gasteiger charge is 2.10. The molecule has 1 aromatic heterocycles. The molecular formula is C16H16FN3. The largest absolute Gasteiger partial charge is 0.331 e. The van der Waals surface area contributed by atoms with E-state index >= 15 is 0 Å². The first kappa shape index (κ1) is 12.8. The lowest BCUT2D eigenvalue weighted by Gasteiger charge is -2.08. The van der Waals surface area contributed by atoms with Gasteiger partial charge in [-0.1, -0.05) is 18.2 Å². The highest BCUT2D eigenvalue weighted by atomic mass is 19.1. The summed E-state index contributed by atoms with van der Waals surface area (Å²) in [5.41, 5.74) is 9.60. The molecule has 0 aliphatic carbocycles. The minimum atomic E-state index is -0.240. The van der Waals surface area contributed by atoms with Gasteiger partial charge >= 0.3 is 0 Å². The Balaban J connectivity index is 2.05. The van der Waals surface area contributed by atoms with Crippen LogP contribution in [0, 0.1) is 5.82 Å². The Morgan fingerprint density at radius 1 is 1.15 bits per heavy atom. The standard InChI is InChI=1S/C16H16FN3/c1-20-15-5-3-2-4-14(15)19-16(20)9-12-8-13(17)7-6-11(12)10-18/h2-8H,9-10,18H2,1H3. The maximum atomic E-state index is 13.4. The molecule has 0 fully saturated rings. The summed E-state index contributed by atoms with van der Waals surface area (Å²) in [6, 6.07) is 12.7. The van der Waals surface area contributed by atoms with Crippen LogP contribution in [0.15, 0.2) is 42.5 Å². The van der Waals surface area contributed by atoms with Crippen LogP contribution < -0.4 is 5.73 Å². The van der Waals surface area contributed by atoms with Crippen LogP contribution in [0.1, 0.15) is 17.0 Å². The van der Waals surface area contributed by atoms with E-state index in [0.29, 0.717) is 13.0 Å². The predicted octanol–water partition coefficient (Wildman–Crippen LogP) is 2.76. The molecule has 0 saturated heterocycles. The molecule has 0 bridgehead atoms. The summed E-state index contributed by atoms with van der Waals surface area (Å²) in [7, 11) is 1.98. The van der Waals surface area contributed by atoms with Crippen molar-refractivity contribution < 1.29 is 4.39 Å². The van der Waals surface area contributed by atoms with Crippen LogP contribution in [-0.2, 0) is 20.0 Å². The van der Waals surface area contributed by atoms with E-state index in [-0.39, 0.29) is 5.82 Å². The van der Waals surface area contributed by atoms with Gasteiger partial charge in [-0.2, -0.15) is 0 Å². The fraction of sp³-hybridized carbons (Fsp3) is 0.188. The summed E-state index contributed by atoms with van der Waals surface area (Å²) in [6.07, 6.45) is 0.579. The summed E-state index contributed by atoms with van der Waals surface area (Å²) in [5, 5.41) is 0. The number of benzene rings is 2. The minimum Gasteiger partial charge on any atom is -0.331 e. The van der Waals surface area contributed by atoms with Crippen molar-refractivity contribution >= 4 is 11.0 Å². The molecule has 0 saturated carbocycles. The van der Waals surface area contributed by atoms with Crippen LogP contribution in [-0.4, -0.2) is 9.55 Å². The van der Waals surface area contributed by atoms with Crippen molar-refractivity contribution in [3.8, 4) is 0 Å². The van der Waals surface area contributed by atoms with Gasteiger partial charge in [-0.05, 0) is 35.4 Å². The number of nitrogens with two attached hydrogens (primary N) is 1. The number of rotatable bonds is 3. The molecule has 102 valence electrons. The van der Waals surface area contributed by atoms with Crippen LogP contribution >= 0.6 is 0 Å². The second-order valence-corrected chi connectivity index (χ2v) is 4.87. The first-order valence-corrected chi connectivity index (χ1v) is 6.56. The molecule has 2 aromatic carbocycles. The molecule has 3 aromatic rings. The van der Waals surface area contributed by atoms with Gasteiger partial charge in [-0.15, -0.1) is 0 Å². The molecule has 0 aliphatic heterocycles. The number of para-hydroxylation sites is 2. The first-order chi connectivity index (χ1) is 9.69. The molecule has 0 spiro atoms. The van der Waals surface area contributed by atoms with Gasteiger partial charge in [0.2, 0.25) is 0 Å². The van der Waals surface area contributed by atoms with Crippen molar-refractivity contribution in [2.75, 3.05) is 0 Å². The zero-order valence-corrected chi connectivity index (χ0v) is 11.3. The van der Waals surface area contributed by atoms with Crippen LogP contribution in [0.25, 0.3) is 11.0 Å². The summed E-state index contributed by atoms with van der Waals surface area (Å²) >= 11 is 0. The lowest BCUT2D eigenvalue weighted by Crippen LogP contribution is -2.06. The van der Waals surface area contributed by atoms with Crippen LogP contribution in [0.2, 0.25) is 0 Å². The van der Waals surface area contributed by atoms with E-state index in [2.05, 4.69) is 4.98 Å². The van der Waals surface area contributed by atoms with E-state index in [1.165, 1.54) is 6.07 Å². The summed E-state index contributed by atoms with van der Waals surface area (Å²) in [4.78, 5) is 4.61. The Kier molecular flexibility index (Phi) is 3.24. The third-order valence-corrected chi connectivity index (χ3v) is 3.62. The van der Waals surface area contributed by atoms with Crippen molar-refractivity contribution in [2.45, 2.75) is 13.0 Å². The maximum absolute atomic E-state index is 13.4. The lowest BCUT2D eigenvalue weighted by atomic mass is 10.0. The molecule has 0 atom stereocenters. The SMILES string of the molecule is Cn1c(Cc2cc(F)ccc2CN)nc2ccccc21. The van der Waals surface area contributed by atoms with Gasteiger partial charge in [0.15, 0.2) is 0 Å². The third kappa shape index (κ3) is 2.18. The number of hydrogen-bond acceptors (Lipinski definition) is 2. The molecule has 0 radical (unpaired) electrons. The summed E-state index contributed by atoms with van der Waals surface area (Å²) in [6.45, 7) is 0.402. The Morgan fingerprint density at radius 3 is 2.70 bits per heavy atom. The number of aryl methyl sites for hydroxylation is 1. The van der Waals surface area contributed by atoms with E-state index in [1.54, 1.807) is 12.1 Å². The van der Waals surface area contributed by atoms with Crippen molar-refractivity contribution in [1.29, 1.82) is 0 Å². The van der Waals surface area contributed by atoms with Gasteiger partial charge in [0.1, 0.15) is 11.6 Å². The highest BCUT2D eigenvalue weighted by Crippen LogP contribution is 2.19. The second-order valence-electron chi connectivity index (χ2n) is 4.87. The number of halogens is 1. The normalized spacial score (nSPS) is 11.2. The Bertz CT molecular complexity index is 762. The second kappa shape index (κ2) is 5.06. The third-order valence-electron chi connectivity index (χ3n) is 3.62. The van der Waals surface area contributed by atoms with Crippen LogP contribution in [0.3, 0.4) is 0 Å². The van der Waals surface area contributed by atoms with Gasteiger partial charge in [0.05, 0.1) is 11.0 Å². The molecule has 3 rings (SSSR count). The topological polar surface area (TPSA) is 43.8 Å². The fourth-order valence-electron chi connectivity index (χ4n) is 2.48. The van der Waals surface area contributed by atoms with Gasteiger partial charge in [-0.25, -0.2) is 9.37 Å². The lowest BCUT2D eigenvalue weighted by molar-refractivity contribution is 0.624. The molecular weight excluding hydrogens is 253 g/mol. The Labute approximate surface area is 116 Å². The Morgan fingerprint density at radius 2 is 1.95 bits per heavy atom. The monoisotopic (exact) mass is 269 g/mol. The van der Waals surface area contributed by atoms with Crippen LogP contribution in [0.4, 0.5) is 4.39 Å². The van der Waals surface area contributed by atoms with Gasteiger partial charge in [-0.3, -0.25) is 0 Å². The summed E-state index contributed by atoms with van der Waals surface area (Å²) in [5.74, 6) is 0.669. The Hall–Kier alpha value is -2.20. The average molecular weight is 269 g/mol. The van der Waals surface area contributed by atoms with Crippen molar-refractivity contribution in [1.82, 2.24) is 9.55 Å². The van der Waals surface area contributed by atoms with Gasteiger partial charge in [0, 0.05) is 20.0 Å². The van der Waals surface area contributed by atoms with Crippen molar-refractivity contribution in [3.63, 3.8) is 0 Å². The number of aromatic nitrogens is 2. The highest BCUT2D eigenvalue weighted by molar-refractivity contribution is 5.75. The molecule has 0 aliphatic rings. The van der Waals surface area contributed by atoms with Gasteiger partial charge < -0.3 is 10.3 Å². The van der Waals surface area contributed by atoms with E-state index < -0.39 is 0 Å². The molecule has 0 unspecified atom stereocenters. The molecule has 20 heavy (non-hydrogen) atoms. The quantitative estimate of drug-likeness (QED) is 0.794. The smallest absolute Gasteiger partial charge is 0.123 e. The van der Waals surface area contributed by atoms with Crippen molar-refractivity contribution in [2.24, 2.45) is 12.8 Å². The molecule has 3 nitrogen and oxygen atoms in total. The maximum Gasteiger partial charge on any atom is 0.123 e. The zero-order valence-electron chi connectivity index (χ0n) is 11.3. The van der Waals surface area contributed by atoms with E-state index in [0.717, 1.165) is 28.0 Å². The molecule has 4 heteroatoms. The fourth-order valence-corrected chi connectivity index (χ4v) is 2.48. The van der Waals surface area contributed by atoms with Crippen molar-refractivity contribution in [3.05, 3.63) is 65.2 Å². The number of imidazole rings is 1. The minimum absolute atomic E-state index is 0.240. The number of nitrogens with zero attached hydrogens (tertiary/aromatic N) is 2. The molecule has 2 N–H and O–H groups in total. The first-order valence-electron chi connectivity index (χ1n) is 6.56.